The molecule has 1 aromatic heterocycles. The van der Waals surface area contributed by atoms with Crippen molar-refractivity contribution < 1.29 is 27.8 Å². The van der Waals surface area contributed by atoms with Gasteiger partial charge in [-0.05, 0) is 72.7 Å². The summed E-state index contributed by atoms with van der Waals surface area (Å²) in [5.74, 6) is -0.437. The predicted molar refractivity (Wildman–Crippen MR) is 229 cm³/mol. The van der Waals surface area contributed by atoms with E-state index < -0.39 is 28.3 Å². The molecular weight excluding hydrogens is 779 g/mol. The van der Waals surface area contributed by atoms with Crippen LogP contribution in [0.5, 0.6) is 0 Å². The molecular formula is C47H51N5O7S. The Hall–Kier alpha value is -5.41. The molecule has 0 spiro atoms. The van der Waals surface area contributed by atoms with Crippen LogP contribution in [0.3, 0.4) is 0 Å². The lowest BCUT2D eigenvalue weighted by Crippen LogP contribution is -2.47. The van der Waals surface area contributed by atoms with Crippen molar-refractivity contribution in [3.8, 4) is 0 Å². The molecule has 4 unspecified atom stereocenters. The molecule has 8 rings (SSSR count). The molecule has 2 aliphatic heterocycles. The van der Waals surface area contributed by atoms with Crippen molar-refractivity contribution in [1.82, 2.24) is 24.5 Å². The SMILES string of the molecule is Cc1ccc(S(=O)(=O)NC(Cc2ccccc2)C(=O)NCc2ccc(C3OC(CN4CCC(n5c(=O)[nH]c6ccccc65)CC4)CC(c4ccc(CO)cc4)O3)cc2)cc1. The van der Waals surface area contributed by atoms with Crippen molar-refractivity contribution in [2.45, 2.75) is 81.2 Å². The highest BCUT2D eigenvalue weighted by Crippen LogP contribution is 2.39. The molecule has 2 fully saturated rings. The van der Waals surface area contributed by atoms with Crippen LogP contribution in [0.4, 0.5) is 0 Å². The van der Waals surface area contributed by atoms with Crippen LogP contribution in [0, 0.1) is 6.92 Å². The second kappa shape index (κ2) is 18.5. The Morgan fingerprint density at radius 1 is 0.817 bits per heavy atom. The van der Waals surface area contributed by atoms with Crippen LogP contribution < -0.4 is 15.7 Å². The van der Waals surface area contributed by atoms with Gasteiger partial charge in [-0.15, -0.1) is 0 Å². The molecule has 2 aliphatic rings. The number of fused-ring (bicyclic) bond motifs is 1. The number of imidazole rings is 1. The number of nitrogens with one attached hydrogen (secondary N) is 3. The van der Waals surface area contributed by atoms with Crippen molar-refractivity contribution >= 4 is 27.0 Å². The minimum Gasteiger partial charge on any atom is -0.392 e. The van der Waals surface area contributed by atoms with E-state index in [1.54, 1.807) is 12.1 Å². The fourth-order valence-electron chi connectivity index (χ4n) is 8.23. The summed E-state index contributed by atoms with van der Waals surface area (Å²) < 4.78 is 44.5. The van der Waals surface area contributed by atoms with Crippen LogP contribution in [0.2, 0.25) is 0 Å². The van der Waals surface area contributed by atoms with Gasteiger partial charge in [0.1, 0.15) is 6.04 Å². The van der Waals surface area contributed by atoms with Crippen LogP contribution in [-0.4, -0.2) is 65.7 Å². The summed E-state index contributed by atoms with van der Waals surface area (Å²) in [6.45, 7) is 4.41. The average Bonchev–Trinajstić information content (AvgIpc) is 3.61. The molecule has 12 nitrogen and oxygen atoms in total. The maximum Gasteiger partial charge on any atom is 0.326 e. The van der Waals surface area contributed by atoms with Crippen molar-refractivity contribution in [2.24, 2.45) is 0 Å². The fourth-order valence-corrected chi connectivity index (χ4v) is 9.43. The number of aromatic nitrogens is 2. The minimum absolute atomic E-state index is 0.0374. The number of carbonyl (C=O) groups is 1. The molecule has 0 bridgehead atoms. The molecule has 6 aromatic rings. The number of aromatic amines is 1. The lowest BCUT2D eigenvalue weighted by molar-refractivity contribution is -0.253. The van der Waals surface area contributed by atoms with E-state index in [0.717, 1.165) is 70.3 Å². The van der Waals surface area contributed by atoms with E-state index in [2.05, 4.69) is 19.9 Å². The van der Waals surface area contributed by atoms with E-state index in [9.17, 15) is 23.1 Å². The molecule has 0 radical (unpaired) electrons. The summed E-state index contributed by atoms with van der Waals surface area (Å²) in [5.41, 5.74) is 6.98. The van der Waals surface area contributed by atoms with Crippen molar-refractivity contribution in [3.63, 3.8) is 0 Å². The summed E-state index contributed by atoms with van der Waals surface area (Å²) in [4.78, 5) is 32.0. The molecule has 0 aliphatic carbocycles. The van der Waals surface area contributed by atoms with Crippen LogP contribution in [-0.2, 0) is 43.9 Å². The first-order valence-corrected chi connectivity index (χ1v) is 22.0. The summed E-state index contributed by atoms with van der Waals surface area (Å²) in [5, 5.41) is 12.6. The third kappa shape index (κ3) is 9.79. The van der Waals surface area contributed by atoms with Gasteiger partial charge in [0.15, 0.2) is 6.29 Å². The van der Waals surface area contributed by atoms with E-state index in [0.29, 0.717) is 13.0 Å². The highest BCUT2D eigenvalue weighted by molar-refractivity contribution is 7.89. The molecule has 60 heavy (non-hydrogen) atoms. The van der Waals surface area contributed by atoms with Crippen molar-refractivity contribution in [2.75, 3.05) is 19.6 Å². The normalized spacial score (nSPS) is 19.6. The lowest BCUT2D eigenvalue weighted by atomic mass is 9.98. The lowest BCUT2D eigenvalue weighted by Gasteiger charge is -2.40. The molecule has 0 saturated carbocycles. The van der Waals surface area contributed by atoms with Gasteiger partial charge in [0.25, 0.3) is 0 Å². The predicted octanol–water partition coefficient (Wildman–Crippen LogP) is 6.22. The Kier molecular flexibility index (Phi) is 12.7. The zero-order valence-electron chi connectivity index (χ0n) is 33.6. The topological polar surface area (TPSA) is 155 Å². The van der Waals surface area contributed by atoms with Gasteiger partial charge >= 0.3 is 5.69 Å². The van der Waals surface area contributed by atoms with Gasteiger partial charge in [0.2, 0.25) is 15.9 Å². The summed E-state index contributed by atoms with van der Waals surface area (Å²) >= 11 is 0. The number of hydrogen-bond donors (Lipinski definition) is 4. The smallest absolute Gasteiger partial charge is 0.326 e. The average molecular weight is 830 g/mol. The first kappa shape index (κ1) is 41.3. The van der Waals surface area contributed by atoms with E-state index in [1.807, 2.05) is 115 Å². The molecule has 3 heterocycles. The number of hydrogen-bond acceptors (Lipinski definition) is 8. The van der Waals surface area contributed by atoms with E-state index >= 15 is 0 Å². The maximum atomic E-state index is 13.6. The summed E-state index contributed by atoms with van der Waals surface area (Å²) in [6, 6.07) is 38.3. The number of H-pyrrole nitrogens is 1. The molecule has 4 atom stereocenters. The Bertz CT molecular complexity index is 2530. The van der Waals surface area contributed by atoms with Gasteiger partial charge in [-0.25, -0.2) is 13.2 Å². The molecule has 312 valence electrons. The monoisotopic (exact) mass is 829 g/mol. The Labute approximate surface area is 350 Å². The number of ether oxygens (including phenoxy) is 2. The molecule has 2 saturated heterocycles. The maximum absolute atomic E-state index is 13.6. The van der Waals surface area contributed by atoms with Crippen LogP contribution >= 0.6 is 0 Å². The highest BCUT2D eigenvalue weighted by Gasteiger charge is 2.34. The number of aryl methyl sites for hydroxylation is 1. The number of aliphatic hydroxyl groups is 1. The van der Waals surface area contributed by atoms with E-state index in [-0.39, 0.29) is 48.4 Å². The quantitative estimate of drug-likeness (QED) is 0.101. The number of sulfonamides is 1. The minimum atomic E-state index is -3.97. The second-order valence-electron chi connectivity index (χ2n) is 15.8. The Balaban J connectivity index is 0.931. The molecule has 5 aromatic carbocycles. The fraction of sp³-hybridized carbons (Fsp3) is 0.319. The zero-order chi connectivity index (χ0) is 41.6. The Morgan fingerprint density at radius 3 is 2.20 bits per heavy atom. The van der Waals surface area contributed by atoms with Crippen LogP contribution in [0.1, 0.15) is 71.1 Å². The number of rotatable bonds is 14. The van der Waals surface area contributed by atoms with E-state index in [1.165, 1.54) is 12.1 Å². The third-order valence-corrected chi connectivity index (χ3v) is 13.1. The second-order valence-corrected chi connectivity index (χ2v) is 17.5. The van der Waals surface area contributed by atoms with Gasteiger partial charge in [-0.2, -0.15) is 4.72 Å². The largest absolute Gasteiger partial charge is 0.392 e. The van der Waals surface area contributed by atoms with Crippen molar-refractivity contribution in [1.29, 1.82) is 0 Å². The van der Waals surface area contributed by atoms with Gasteiger partial charge in [-0.1, -0.05) is 109 Å². The number of likely N-dealkylation sites (tertiary alicyclic amines) is 1. The van der Waals surface area contributed by atoms with Gasteiger partial charge in [0, 0.05) is 44.2 Å². The number of nitrogens with zero attached hydrogens (tertiary/aromatic N) is 2. The number of amides is 1. The summed E-state index contributed by atoms with van der Waals surface area (Å²) in [7, 11) is -3.97. The number of aliphatic hydroxyl groups excluding tert-OH is 1. The first-order chi connectivity index (χ1) is 29.1. The molecule has 13 heteroatoms. The van der Waals surface area contributed by atoms with Crippen LogP contribution in [0.15, 0.2) is 137 Å². The number of para-hydroxylation sites is 2. The van der Waals surface area contributed by atoms with Crippen molar-refractivity contribution in [3.05, 3.63) is 171 Å². The Morgan fingerprint density at radius 2 is 1.48 bits per heavy atom. The number of carbonyl (C=O) groups excluding carboxylic acids is 1. The molecule has 1 amide bonds. The summed E-state index contributed by atoms with van der Waals surface area (Å²) in [6.07, 6.45) is 1.51. The van der Waals surface area contributed by atoms with E-state index in [4.69, 9.17) is 9.47 Å². The number of piperidine rings is 1. The van der Waals surface area contributed by atoms with Gasteiger partial charge in [0.05, 0.1) is 34.7 Å². The molecule has 4 N–H and O–H groups in total. The van der Waals surface area contributed by atoms with Gasteiger partial charge < -0.3 is 29.8 Å². The third-order valence-electron chi connectivity index (χ3n) is 11.6. The standard InChI is InChI=1S/C47H51N5O7S/c1-32-11-21-40(22-12-32)60(56,57)50-42(27-33-7-3-2-4-8-33)45(54)48-29-34-13-19-37(20-14-34)46-58-39(28-44(59-46)36-17-15-35(31-53)16-18-36)30-51-25-23-38(24-26-51)52-43-10-6-5-9-41(43)49-47(52)55/h2-22,38-39,42,44,46,50,53H,23-31H2,1H3,(H,48,54)(H,49,55). The van der Waals surface area contributed by atoms with Crippen LogP contribution in [0.25, 0.3) is 11.0 Å². The first-order valence-electron chi connectivity index (χ1n) is 20.5. The number of benzene rings is 5. The van der Waals surface area contributed by atoms with Gasteiger partial charge in [-0.3, -0.25) is 9.36 Å². The zero-order valence-corrected chi connectivity index (χ0v) is 34.4. The highest BCUT2D eigenvalue weighted by atomic mass is 32.2.